The molecule has 8 heteroatoms. The number of hydrogen-bond acceptors (Lipinski definition) is 6. The largest absolute Gasteiger partial charge is 0.491 e. The van der Waals surface area contributed by atoms with Crippen molar-refractivity contribution in [1.29, 1.82) is 0 Å². The zero-order chi connectivity index (χ0) is 13.6. The van der Waals surface area contributed by atoms with Crippen molar-refractivity contribution in [1.82, 2.24) is 0 Å². The van der Waals surface area contributed by atoms with Crippen molar-refractivity contribution in [3.63, 3.8) is 0 Å². The molecule has 0 aromatic heterocycles. The van der Waals surface area contributed by atoms with Crippen LogP contribution in [0.15, 0.2) is 23.1 Å². The Labute approximate surface area is 104 Å². The fourth-order valence-electron chi connectivity index (χ4n) is 1.22. The second kappa shape index (κ2) is 6.55. The van der Waals surface area contributed by atoms with Crippen molar-refractivity contribution in [2.75, 3.05) is 26.4 Å². The summed E-state index contributed by atoms with van der Waals surface area (Å²) in [6.45, 7) is -0.559. The molecule has 0 unspecified atom stereocenters. The smallest absolute Gasteiger partial charge is 0.298 e. The molecule has 0 radical (unpaired) electrons. The molecular weight excluding hydrogens is 264 g/mol. The van der Waals surface area contributed by atoms with Crippen LogP contribution in [0.2, 0.25) is 0 Å². The Hall–Kier alpha value is -1.35. The van der Waals surface area contributed by atoms with Crippen molar-refractivity contribution in [3.05, 3.63) is 18.2 Å². The lowest BCUT2D eigenvalue weighted by molar-refractivity contribution is 0.192. The average molecular weight is 278 g/mol. The van der Waals surface area contributed by atoms with Crippen LogP contribution in [0, 0.1) is 0 Å². The number of benzene rings is 1. The number of hydrogen-bond donors (Lipinski definition) is 3. The van der Waals surface area contributed by atoms with E-state index in [0.717, 1.165) is 6.07 Å². The molecule has 0 amide bonds. The fourth-order valence-corrected chi connectivity index (χ4v) is 1.84. The molecule has 3 N–H and O–H groups in total. The van der Waals surface area contributed by atoms with Gasteiger partial charge in [0.1, 0.15) is 29.6 Å². The summed E-state index contributed by atoms with van der Waals surface area (Å²) in [5.41, 5.74) is 0. The summed E-state index contributed by atoms with van der Waals surface area (Å²) >= 11 is 0. The normalized spacial score (nSPS) is 11.3. The molecule has 0 aliphatic carbocycles. The summed E-state index contributed by atoms with van der Waals surface area (Å²) in [5.74, 6) is 0.159. The molecule has 0 aliphatic rings. The molecule has 0 fully saturated rings. The second-order valence-electron chi connectivity index (χ2n) is 3.23. The fraction of sp³-hybridized carbons (Fsp3) is 0.400. The Morgan fingerprint density at radius 1 is 1.06 bits per heavy atom. The van der Waals surface area contributed by atoms with E-state index in [0.29, 0.717) is 0 Å². The van der Waals surface area contributed by atoms with Crippen LogP contribution in [0.1, 0.15) is 0 Å². The van der Waals surface area contributed by atoms with Gasteiger partial charge < -0.3 is 19.7 Å². The van der Waals surface area contributed by atoms with Gasteiger partial charge in [0.2, 0.25) is 0 Å². The first-order chi connectivity index (χ1) is 8.49. The van der Waals surface area contributed by atoms with Gasteiger partial charge in [0.25, 0.3) is 10.1 Å². The van der Waals surface area contributed by atoms with Crippen LogP contribution in [-0.4, -0.2) is 49.6 Å². The van der Waals surface area contributed by atoms with Gasteiger partial charge in [0, 0.05) is 6.07 Å². The van der Waals surface area contributed by atoms with E-state index in [-0.39, 0.29) is 37.9 Å². The zero-order valence-electron chi connectivity index (χ0n) is 9.44. The van der Waals surface area contributed by atoms with Crippen molar-refractivity contribution >= 4 is 10.1 Å². The van der Waals surface area contributed by atoms with E-state index in [1.807, 2.05) is 0 Å². The predicted molar refractivity (Wildman–Crippen MR) is 61.4 cm³/mol. The van der Waals surface area contributed by atoms with Crippen LogP contribution < -0.4 is 9.47 Å². The quantitative estimate of drug-likeness (QED) is 0.585. The first-order valence-electron chi connectivity index (χ1n) is 5.08. The molecular formula is C10H14O7S. The highest BCUT2D eigenvalue weighted by molar-refractivity contribution is 7.86. The van der Waals surface area contributed by atoms with Gasteiger partial charge in [-0.3, -0.25) is 4.55 Å². The number of aliphatic hydroxyl groups excluding tert-OH is 2. The summed E-state index contributed by atoms with van der Waals surface area (Å²) in [5, 5.41) is 17.2. The summed E-state index contributed by atoms with van der Waals surface area (Å²) in [4.78, 5) is -0.410. The molecule has 0 saturated heterocycles. The van der Waals surface area contributed by atoms with Gasteiger partial charge in [-0.1, -0.05) is 0 Å². The van der Waals surface area contributed by atoms with Crippen LogP contribution in [0.4, 0.5) is 0 Å². The van der Waals surface area contributed by atoms with Crippen LogP contribution in [0.3, 0.4) is 0 Å². The van der Waals surface area contributed by atoms with Crippen molar-refractivity contribution < 1.29 is 32.7 Å². The van der Waals surface area contributed by atoms with Crippen molar-refractivity contribution in [2.24, 2.45) is 0 Å². The maximum Gasteiger partial charge on any atom is 0.298 e. The molecule has 7 nitrogen and oxygen atoms in total. The molecule has 0 atom stereocenters. The number of ether oxygens (including phenoxy) is 2. The molecule has 0 heterocycles. The minimum absolute atomic E-state index is 0.0463. The topological polar surface area (TPSA) is 113 Å². The minimum atomic E-state index is -4.41. The van der Waals surface area contributed by atoms with E-state index in [2.05, 4.69) is 0 Å². The van der Waals surface area contributed by atoms with Gasteiger partial charge in [-0.05, 0) is 12.1 Å². The minimum Gasteiger partial charge on any atom is -0.491 e. The second-order valence-corrected chi connectivity index (χ2v) is 4.62. The van der Waals surface area contributed by atoms with Crippen LogP contribution in [0.5, 0.6) is 11.5 Å². The average Bonchev–Trinajstić information content (AvgIpc) is 2.32. The predicted octanol–water partition coefficient (Wildman–Crippen LogP) is -0.325. The summed E-state index contributed by atoms with van der Waals surface area (Å²) in [6, 6.07) is 3.70. The lowest BCUT2D eigenvalue weighted by Gasteiger charge is -2.11. The van der Waals surface area contributed by atoms with Gasteiger partial charge in [-0.25, -0.2) is 0 Å². The lowest BCUT2D eigenvalue weighted by atomic mass is 10.3. The molecule has 0 saturated carbocycles. The molecule has 0 bridgehead atoms. The molecule has 18 heavy (non-hydrogen) atoms. The monoisotopic (exact) mass is 278 g/mol. The highest BCUT2D eigenvalue weighted by Crippen LogP contribution is 2.28. The highest BCUT2D eigenvalue weighted by atomic mass is 32.2. The molecule has 0 spiro atoms. The van der Waals surface area contributed by atoms with E-state index in [1.165, 1.54) is 12.1 Å². The van der Waals surface area contributed by atoms with E-state index >= 15 is 0 Å². The Morgan fingerprint density at radius 3 is 2.22 bits per heavy atom. The van der Waals surface area contributed by atoms with Crippen molar-refractivity contribution in [2.45, 2.75) is 4.90 Å². The first kappa shape index (κ1) is 14.7. The maximum atomic E-state index is 11.1. The highest BCUT2D eigenvalue weighted by Gasteiger charge is 2.17. The van der Waals surface area contributed by atoms with Crippen LogP contribution in [-0.2, 0) is 10.1 Å². The molecule has 102 valence electrons. The van der Waals surface area contributed by atoms with Gasteiger partial charge >= 0.3 is 0 Å². The Morgan fingerprint density at radius 2 is 1.67 bits per heavy atom. The van der Waals surface area contributed by atoms with Gasteiger partial charge in [-0.15, -0.1) is 0 Å². The Bertz CT molecular complexity index is 483. The maximum absolute atomic E-state index is 11.1. The zero-order valence-corrected chi connectivity index (χ0v) is 10.3. The van der Waals surface area contributed by atoms with Gasteiger partial charge in [0.05, 0.1) is 13.2 Å². The Kier molecular flexibility index (Phi) is 5.35. The van der Waals surface area contributed by atoms with Crippen LogP contribution >= 0.6 is 0 Å². The standard InChI is InChI=1S/C10H14O7S/c11-3-5-16-8-1-2-10(18(13,14)15)9(7-8)17-6-4-12/h1-2,7,11-12H,3-6H2,(H,13,14,15). The third-order valence-electron chi connectivity index (χ3n) is 1.90. The van der Waals surface area contributed by atoms with E-state index < -0.39 is 15.0 Å². The number of rotatable bonds is 7. The van der Waals surface area contributed by atoms with Crippen molar-refractivity contribution in [3.8, 4) is 11.5 Å². The van der Waals surface area contributed by atoms with E-state index in [4.69, 9.17) is 24.2 Å². The van der Waals surface area contributed by atoms with Crippen LogP contribution in [0.25, 0.3) is 0 Å². The first-order valence-corrected chi connectivity index (χ1v) is 6.52. The third kappa shape index (κ3) is 4.15. The summed E-state index contributed by atoms with van der Waals surface area (Å²) < 4.78 is 41.2. The van der Waals surface area contributed by atoms with E-state index in [9.17, 15) is 8.42 Å². The van der Waals surface area contributed by atoms with Gasteiger partial charge in [0.15, 0.2) is 0 Å². The summed E-state index contributed by atoms with van der Waals surface area (Å²) in [7, 11) is -4.41. The third-order valence-corrected chi connectivity index (χ3v) is 2.80. The molecule has 0 aliphatic heterocycles. The van der Waals surface area contributed by atoms with Gasteiger partial charge in [-0.2, -0.15) is 8.42 Å². The molecule has 1 rings (SSSR count). The van der Waals surface area contributed by atoms with E-state index in [1.54, 1.807) is 0 Å². The lowest BCUT2D eigenvalue weighted by Crippen LogP contribution is -2.08. The number of aliphatic hydroxyl groups is 2. The Balaban J connectivity index is 3.04. The molecule has 1 aromatic rings. The molecule has 1 aromatic carbocycles. The summed E-state index contributed by atoms with van der Waals surface area (Å²) in [6.07, 6.45) is 0. The SMILES string of the molecule is O=S(=O)(O)c1ccc(OCCO)cc1OCCO.